The van der Waals surface area contributed by atoms with Crippen LogP contribution in [-0.4, -0.2) is 16.0 Å². The van der Waals surface area contributed by atoms with Gasteiger partial charge < -0.3 is 5.32 Å². The molecule has 0 aliphatic heterocycles. The molecule has 0 radical (unpaired) electrons. The largest absolute Gasteiger partial charge is 0.367 e. The summed E-state index contributed by atoms with van der Waals surface area (Å²) in [6, 6.07) is 6.28. The fourth-order valence-corrected chi connectivity index (χ4v) is 1.88. The lowest BCUT2D eigenvalue weighted by Gasteiger charge is -2.13. The van der Waals surface area contributed by atoms with Crippen LogP contribution in [0.4, 0.5) is 5.82 Å². The Hall–Kier alpha value is -1.35. The van der Waals surface area contributed by atoms with E-state index in [1.807, 2.05) is 25.1 Å². The van der Waals surface area contributed by atoms with Crippen molar-refractivity contribution in [1.82, 2.24) is 9.97 Å². The molecule has 0 saturated heterocycles. The summed E-state index contributed by atoms with van der Waals surface area (Å²) in [7, 11) is 0. The number of hydrogen-bond acceptors (Lipinski definition) is 3. The first kappa shape index (κ1) is 11.1. The average Bonchev–Trinajstić information content (AvgIpc) is 2.15. The predicted molar refractivity (Wildman–Crippen MR) is 68.0 cm³/mol. The molecule has 0 spiro atoms. The zero-order valence-corrected chi connectivity index (χ0v) is 10.3. The molecule has 0 atom stereocenters. The van der Waals surface area contributed by atoms with E-state index < -0.39 is 0 Å². The maximum Gasteiger partial charge on any atom is 0.224 e. The van der Waals surface area contributed by atoms with Gasteiger partial charge in [-0.1, -0.05) is 12.1 Å². The maximum atomic E-state index is 5.90. The third kappa shape index (κ3) is 2.09. The van der Waals surface area contributed by atoms with Crippen molar-refractivity contribution in [1.29, 1.82) is 0 Å². The second kappa shape index (κ2) is 4.26. The van der Waals surface area contributed by atoms with Crippen molar-refractivity contribution in [2.75, 3.05) is 5.32 Å². The summed E-state index contributed by atoms with van der Waals surface area (Å²) in [4.78, 5) is 8.46. The van der Waals surface area contributed by atoms with Crippen molar-refractivity contribution in [3.05, 3.63) is 29.0 Å². The minimum Gasteiger partial charge on any atom is -0.367 e. The van der Waals surface area contributed by atoms with E-state index in [4.69, 9.17) is 11.6 Å². The van der Waals surface area contributed by atoms with Crippen LogP contribution in [0.2, 0.25) is 5.28 Å². The van der Waals surface area contributed by atoms with E-state index in [0.29, 0.717) is 6.04 Å². The highest BCUT2D eigenvalue weighted by atomic mass is 35.5. The summed E-state index contributed by atoms with van der Waals surface area (Å²) in [6.07, 6.45) is 0. The number of benzene rings is 1. The SMILES string of the molecule is Cc1cccc2nc(Cl)nc(NC(C)C)c12. The Labute approximate surface area is 99.9 Å². The standard InChI is InChI=1S/C12H14ClN3/c1-7(2)14-11-10-8(3)5-4-6-9(10)15-12(13)16-11/h4-7H,1-3H3,(H,14,15,16). The Balaban J connectivity index is 2.70. The maximum absolute atomic E-state index is 5.90. The highest BCUT2D eigenvalue weighted by Crippen LogP contribution is 2.25. The van der Waals surface area contributed by atoms with E-state index in [2.05, 4.69) is 29.1 Å². The fourth-order valence-electron chi connectivity index (χ4n) is 1.70. The van der Waals surface area contributed by atoms with Gasteiger partial charge in [-0.2, -0.15) is 0 Å². The van der Waals surface area contributed by atoms with Crippen LogP contribution in [0.5, 0.6) is 0 Å². The quantitative estimate of drug-likeness (QED) is 0.811. The first-order chi connectivity index (χ1) is 7.58. The molecule has 4 heteroatoms. The number of fused-ring (bicyclic) bond motifs is 1. The topological polar surface area (TPSA) is 37.8 Å². The molecule has 1 aromatic carbocycles. The smallest absolute Gasteiger partial charge is 0.224 e. The second-order valence-corrected chi connectivity index (χ2v) is 4.45. The molecule has 1 aromatic heterocycles. The molecule has 0 amide bonds. The van der Waals surface area contributed by atoms with Crippen molar-refractivity contribution in [2.24, 2.45) is 0 Å². The van der Waals surface area contributed by atoms with Crippen LogP contribution in [0, 0.1) is 6.92 Å². The van der Waals surface area contributed by atoms with Crippen LogP contribution < -0.4 is 5.32 Å². The van der Waals surface area contributed by atoms with Crippen LogP contribution in [0.3, 0.4) is 0 Å². The van der Waals surface area contributed by atoms with Crippen molar-refractivity contribution in [3.8, 4) is 0 Å². The third-order valence-electron chi connectivity index (χ3n) is 2.33. The first-order valence-electron chi connectivity index (χ1n) is 5.27. The molecule has 0 fully saturated rings. The van der Waals surface area contributed by atoms with E-state index in [0.717, 1.165) is 22.3 Å². The molecule has 0 saturated carbocycles. The molecule has 0 bridgehead atoms. The summed E-state index contributed by atoms with van der Waals surface area (Å²) in [5.41, 5.74) is 2.03. The lowest BCUT2D eigenvalue weighted by atomic mass is 10.1. The molecule has 0 aliphatic rings. The van der Waals surface area contributed by atoms with Crippen molar-refractivity contribution in [2.45, 2.75) is 26.8 Å². The number of aryl methyl sites for hydroxylation is 1. The zero-order valence-electron chi connectivity index (χ0n) is 9.58. The number of nitrogens with zero attached hydrogens (tertiary/aromatic N) is 2. The van der Waals surface area contributed by atoms with Crippen LogP contribution in [0.25, 0.3) is 10.9 Å². The molecule has 3 nitrogen and oxygen atoms in total. The van der Waals surface area contributed by atoms with Crippen molar-refractivity contribution < 1.29 is 0 Å². The number of hydrogen-bond donors (Lipinski definition) is 1. The molecule has 0 unspecified atom stereocenters. The Morgan fingerprint density at radius 2 is 2.00 bits per heavy atom. The van der Waals surface area contributed by atoms with E-state index in [-0.39, 0.29) is 5.28 Å². The van der Waals surface area contributed by atoms with E-state index in [1.54, 1.807) is 0 Å². The molecule has 84 valence electrons. The lowest BCUT2D eigenvalue weighted by molar-refractivity contribution is 0.890. The Morgan fingerprint density at radius 1 is 1.25 bits per heavy atom. The van der Waals surface area contributed by atoms with Crippen molar-refractivity contribution in [3.63, 3.8) is 0 Å². The molecular weight excluding hydrogens is 222 g/mol. The average molecular weight is 236 g/mol. The second-order valence-electron chi connectivity index (χ2n) is 4.11. The Bertz CT molecular complexity index is 523. The van der Waals surface area contributed by atoms with Gasteiger partial charge in [0, 0.05) is 11.4 Å². The minimum absolute atomic E-state index is 0.279. The molecule has 1 N–H and O–H groups in total. The van der Waals surface area contributed by atoms with Crippen LogP contribution >= 0.6 is 11.6 Å². The van der Waals surface area contributed by atoms with Gasteiger partial charge in [0.15, 0.2) is 0 Å². The number of halogens is 1. The van der Waals surface area contributed by atoms with Gasteiger partial charge in [-0.15, -0.1) is 0 Å². The van der Waals surface area contributed by atoms with Gasteiger partial charge in [-0.3, -0.25) is 0 Å². The normalized spacial score (nSPS) is 11.1. The van der Waals surface area contributed by atoms with Gasteiger partial charge in [0.05, 0.1) is 5.52 Å². The molecular formula is C12H14ClN3. The van der Waals surface area contributed by atoms with Gasteiger partial charge in [-0.25, -0.2) is 9.97 Å². The van der Waals surface area contributed by atoms with Crippen molar-refractivity contribution >= 4 is 28.3 Å². The summed E-state index contributed by atoms with van der Waals surface area (Å²) < 4.78 is 0. The predicted octanol–water partition coefficient (Wildman–Crippen LogP) is 3.41. The summed E-state index contributed by atoms with van der Waals surface area (Å²) in [5.74, 6) is 0.808. The minimum atomic E-state index is 0.279. The molecule has 0 aliphatic carbocycles. The van der Waals surface area contributed by atoms with Gasteiger partial charge in [0.25, 0.3) is 0 Å². The summed E-state index contributed by atoms with van der Waals surface area (Å²) >= 11 is 5.90. The molecule has 2 rings (SSSR count). The number of aromatic nitrogens is 2. The third-order valence-corrected chi connectivity index (χ3v) is 2.50. The molecule has 1 heterocycles. The van der Waals surface area contributed by atoms with E-state index >= 15 is 0 Å². The van der Waals surface area contributed by atoms with Gasteiger partial charge in [0.1, 0.15) is 5.82 Å². The number of anilines is 1. The molecule has 2 aromatic rings. The first-order valence-corrected chi connectivity index (χ1v) is 5.65. The molecule has 16 heavy (non-hydrogen) atoms. The summed E-state index contributed by atoms with van der Waals surface area (Å²) in [5, 5.41) is 4.62. The fraction of sp³-hybridized carbons (Fsp3) is 0.333. The van der Waals surface area contributed by atoms with Gasteiger partial charge in [-0.05, 0) is 44.0 Å². The van der Waals surface area contributed by atoms with Gasteiger partial charge in [0.2, 0.25) is 5.28 Å². The zero-order chi connectivity index (χ0) is 11.7. The van der Waals surface area contributed by atoms with Crippen LogP contribution in [0.1, 0.15) is 19.4 Å². The van der Waals surface area contributed by atoms with E-state index in [9.17, 15) is 0 Å². The van der Waals surface area contributed by atoms with E-state index in [1.165, 1.54) is 0 Å². The highest BCUT2D eigenvalue weighted by molar-refractivity contribution is 6.28. The summed E-state index contributed by atoms with van der Waals surface area (Å²) in [6.45, 7) is 6.19. The lowest BCUT2D eigenvalue weighted by Crippen LogP contribution is -2.12. The Kier molecular flexibility index (Phi) is 2.97. The van der Waals surface area contributed by atoms with Gasteiger partial charge >= 0.3 is 0 Å². The number of rotatable bonds is 2. The Morgan fingerprint density at radius 3 is 2.69 bits per heavy atom. The monoisotopic (exact) mass is 235 g/mol. The highest BCUT2D eigenvalue weighted by Gasteiger charge is 2.09. The van der Waals surface area contributed by atoms with Crippen LogP contribution in [-0.2, 0) is 0 Å². The number of nitrogens with one attached hydrogen (secondary N) is 1. The van der Waals surface area contributed by atoms with Crippen LogP contribution in [0.15, 0.2) is 18.2 Å².